The van der Waals surface area contributed by atoms with Crippen LogP contribution < -0.4 is 0 Å². The van der Waals surface area contributed by atoms with E-state index in [-0.39, 0.29) is 0 Å². The van der Waals surface area contributed by atoms with E-state index >= 15 is 0 Å². The van der Waals surface area contributed by atoms with Gasteiger partial charge in [-0.05, 0) is 108 Å². The van der Waals surface area contributed by atoms with Crippen LogP contribution in [0.5, 0.6) is 0 Å². The molecule has 0 aliphatic carbocycles. The topological polar surface area (TPSA) is 77.3 Å². The molecule has 0 bridgehead atoms. The molecule has 46 heavy (non-hydrogen) atoms. The number of nitrogens with zero attached hydrogens (tertiary/aromatic N) is 6. The van der Waals surface area contributed by atoms with Gasteiger partial charge in [-0.1, -0.05) is 24.3 Å². The molecule has 0 aromatic carbocycles. The summed E-state index contributed by atoms with van der Waals surface area (Å²) in [5.74, 6) is 0. The number of rotatable bonds is 7. The SMILES string of the molecule is c1ccc(-c2cc(-c3ccc(-c4ccc(-c5cc(-c6ccccn6)nc(-c6ccccn6)c5)s4)s3)cc(-c3ccccn3)n2)nc1. The summed E-state index contributed by atoms with van der Waals surface area (Å²) in [6.45, 7) is 0. The summed E-state index contributed by atoms with van der Waals surface area (Å²) >= 11 is 3.53. The van der Waals surface area contributed by atoms with E-state index in [1.54, 1.807) is 47.5 Å². The van der Waals surface area contributed by atoms with Crippen molar-refractivity contribution in [3.63, 3.8) is 0 Å². The van der Waals surface area contributed by atoms with Gasteiger partial charge >= 0.3 is 0 Å². The number of hydrogen-bond acceptors (Lipinski definition) is 8. The van der Waals surface area contributed by atoms with E-state index in [1.807, 2.05) is 72.8 Å². The number of pyridine rings is 6. The summed E-state index contributed by atoms with van der Waals surface area (Å²) in [5.41, 5.74) is 8.74. The third kappa shape index (κ3) is 5.75. The lowest BCUT2D eigenvalue weighted by Gasteiger charge is -2.08. The highest BCUT2D eigenvalue weighted by atomic mass is 32.1. The van der Waals surface area contributed by atoms with Crippen molar-refractivity contribution in [3.8, 4) is 76.2 Å². The van der Waals surface area contributed by atoms with Crippen molar-refractivity contribution in [3.05, 3.63) is 146 Å². The molecular weight excluding hydrogens is 605 g/mol. The predicted octanol–water partition coefficient (Wildman–Crippen LogP) is 9.85. The molecular formula is C38H24N6S2. The highest BCUT2D eigenvalue weighted by molar-refractivity contribution is 7.25. The Morgan fingerprint density at radius 3 is 0.891 bits per heavy atom. The third-order valence-corrected chi connectivity index (χ3v) is 9.85. The molecule has 8 rings (SSSR count). The number of aromatic nitrogens is 6. The van der Waals surface area contributed by atoms with Gasteiger partial charge in [0.15, 0.2) is 0 Å². The molecule has 0 aliphatic rings. The molecule has 0 spiro atoms. The molecule has 8 heteroatoms. The zero-order valence-corrected chi connectivity index (χ0v) is 26.0. The molecule has 0 atom stereocenters. The second kappa shape index (κ2) is 12.4. The van der Waals surface area contributed by atoms with Crippen molar-refractivity contribution in [2.24, 2.45) is 0 Å². The Kier molecular flexibility index (Phi) is 7.47. The Morgan fingerprint density at radius 2 is 0.609 bits per heavy atom. The van der Waals surface area contributed by atoms with Crippen molar-refractivity contribution in [2.45, 2.75) is 0 Å². The fourth-order valence-electron chi connectivity index (χ4n) is 5.18. The summed E-state index contributed by atoms with van der Waals surface area (Å²) in [4.78, 5) is 32.8. The van der Waals surface area contributed by atoms with Gasteiger partial charge in [0, 0.05) is 44.3 Å². The van der Waals surface area contributed by atoms with Gasteiger partial charge in [-0.15, -0.1) is 22.7 Å². The first kappa shape index (κ1) is 27.8. The summed E-state index contributed by atoms with van der Waals surface area (Å²) < 4.78 is 0. The summed E-state index contributed by atoms with van der Waals surface area (Å²) in [6, 6.07) is 40.7. The van der Waals surface area contributed by atoms with Crippen molar-refractivity contribution in [1.29, 1.82) is 0 Å². The largest absolute Gasteiger partial charge is 0.255 e. The summed E-state index contributed by atoms with van der Waals surface area (Å²) in [6.07, 6.45) is 7.18. The molecule has 0 N–H and O–H groups in total. The zero-order chi connectivity index (χ0) is 30.7. The fraction of sp³-hybridized carbons (Fsp3) is 0. The van der Waals surface area contributed by atoms with E-state index in [1.165, 1.54) is 9.75 Å². The molecule has 0 saturated carbocycles. The lowest BCUT2D eigenvalue weighted by Crippen LogP contribution is -1.93. The van der Waals surface area contributed by atoms with Gasteiger partial charge < -0.3 is 0 Å². The molecule has 0 amide bonds. The van der Waals surface area contributed by atoms with Crippen LogP contribution in [0.4, 0.5) is 0 Å². The van der Waals surface area contributed by atoms with E-state index in [4.69, 9.17) is 9.97 Å². The molecule has 0 fully saturated rings. The average Bonchev–Trinajstić information content (AvgIpc) is 3.84. The predicted molar refractivity (Wildman–Crippen MR) is 187 cm³/mol. The molecule has 0 saturated heterocycles. The van der Waals surface area contributed by atoms with Crippen LogP contribution in [0.15, 0.2) is 146 Å². The van der Waals surface area contributed by atoms with E-state index in [2.05, 4.69) is 68.5 Å². The van der Waals surface area contributed by atoms with Crippen molar-refractivity contribution >= 4 is 22.7 Å². The van der Waals surface area contributed by atoms with Gasteiger partial charge in [-0.3, -0.25) is 19.9 Å². The molecule has 0 unspecified atom stereocenters. The third-order valence-electron chi connectivity index (χ3n) is 7.38. The maximum atomic E-state index is 4.93. The van der Waals surface area contributed by atoms with Crippen LogP contribution in [0.3, 0.4) is 0 Å². The molecule has 0 radical (unpaired) electrons. The van der Waals surface area contributed by atoms with Crippen LogP contribution in [-0.4, -0.2) is 29.9 Å². The molecule has 0 aliphatic heterocycles. The van der Waals surface area contributed by atoms with Gasteiger partial charge in [-0.25, -0.2) is 9.97 Å². The van der Waals surface area contributed by atoms with Crippen LogP contribution in [0, 0.1) is 0 Å². The highest BCUT2D eigenvalue weighted by Gasteiger charge is 2.15. The number of thiophene rings is 2. The molecule has 8 aromatic heterocycles. The maximum Gasteiger partial charge on any atom is 0.0900 e. The highest BCUT2D eigenvalue weighted by Crippen LogP contribution is 2.42. The van der Waals surface area contributed by atoms with Crippen LogP contribution in [0.25, 0.3) is 76.2 Å². The minimum atomic E-state index is 0.817. The first-order valence-electron chi connectivity index (χ1n) is 14.7. The van der Waals surface area contributed by atoms with Crippen LogP contribution in [-0.2, 0) is 0 Å². The molecule has 218 valence electrons. The lowest BCUT2D eigenvalue weighted by molar-refractivity contribution is 1.22. The Labute approximate surface area is 273 Å². The van der Waals surface area contributed by atoms with Crippen molar-refractivity contribution in [2.75, 3.05) is 0 Å². The zero-order valence-electron chi connectivity index (χ0n) is 24.4. The first-order valence-corrected chi connectivity index (χ1v) is 16.3. The Bertz CT molecular complexity index is 1970. The van der Waals surface area contributed by atoms with E-state index in [9.17, 15) is 0 Å². The van der Waals surface area contributed by atoms with E-state index in [0.29, 0.717) is 0 Å². The molecule has 8 heterocycles. The van der Waals surface area contributed by atoms with E-state index in [0.717, 1.165) is 66.4 Å². The van der Waals surface area contributed by atoms with Gasteiger partial charge in [-0.2, -0.15) is 0 Å². The van der Waals surface area contributed by atoms with Crippen LogP contribution in [0.2, 0.25) is 0 Å². The average molecular weight is 629 g/mol. The van der Waals surface area contributed by atoms with Crippen molar-refractivity contribution < 1.29 is 0 Å². The van der Waals surface area contributed by atoms with Crippen LogP contribution in [0.1, 0.15) is 0 Å². The van der Waals surface area contributed by atoms with Gasteiger partial charge in [0.1, 0.15) is 0 Å². The Morgan fingerprint density at radius 1 is 0.304 bits per heavy atom. The maximum absolute atomic E-state index is 4.93. The number of hydrogen-bond donors (Lipinski definition) is 0. The fourth-order valence-corrected chi connectivity index (χ4v) is 7.26. The monoisotopic (exact) mass is 628 g/mol. The normalized spacial score (nSPS) is 11.0. The van der Waals surface area contributed by atoms with Gasteiger partial charge in [0.25, 0.3) is 0 Å². The Balaban J connectivity index is 1.16. The first-order chi connectivity index (χ1) is 22.8. The lowest BCUT2D eigenvalue weighted by atomic mass is 10.1. The smallest absolute Gasteiger partial charge is 0.0900 e. The van der Waals surface area contributed by atoms with Crippen LogP contribution >= 0.6 is 22.7 Å². The minimum absolute atomic E-state index is 0.817. The standard InChI is InChI=1S/C38H24N6S2/c1-5-17-39-27(9-1)31-21-25(22-32(43-31)28-10-2-6-18-40-28)35-13-15-37(45-35)38-16-14-36(46-38)26-23-33(29-11-3-7-19-41-29)44-34(24-26)30-12-4-8-20-42-30/h1-24H. The van der Waals surface area contributed by atoms with Gasteiger partial charge in [0.2, 0.25) is 0 Å². The van der Waals surface area contributed by atoms with Gasteiger partial charge in [0.05, 0.1) is 45.6 Å². The molecule has 6 nitrogen and oxygen atoms in total. The molecule has 8 aromatic rings. The Hall–Kier alpha value is -5.70. The second-order valence-electron chi connectivity index (χ2n) is 10.4. The van der Waals surface area contributed by atoms with E-state index < -0.39 is 0 Å². The second-order valence-corrected chi connectivity index (χ2v) is 12.6. The summed E-state index contributed by atoms with van der Waals surface area (Å²) in [5, 5.41) is 0. The summed E-state index contributed by atoms with van der Waals surface area (Å²) in [7, 11) is 0. The quantitative estimate of drug-likeness (QED) is 0.175. The van der Waals surface area contributed by atoms with Crippen molar-refractivity contribution in [1.82, 2.24) is 29.9 Å². The minimum Gasteiger partial charge on any atom is -0.255 e.